The highest BCUT2D eigenvalue weighted by Gasteiger charge is 2.17. The number of fused-ring (bicyclic) bond motifs is 1. The van der Waals surface area contributed by atoms with Crippen molar-refractivity contribution in [2.24, 2.45) is 0 Å². The second-order valence-electron chi connectivity index (χ2n) is 7.51. The van der Waals surface area contributed by atoms with E-state index in [-0.39, 0.29) is 24.1 Å². The first-order valence-electron chi connectivity index (χ1n) is 10.1. The van der Waals surface area contributed by atoms with Crippen LogP contribution in [0.1, 0.15) is 11.1 Å². The van der Waals surface area contributed by atoms with E-state index in [1.807, 2.05) is 31.2 Å². The molecule has 4 rings (SSSR count). The second-order valence-corrected chi connectivity index (χ2v) is 7.95. The van der Waals surface area contributed by atoms with Crippen LogP contribution in [-0.2, 0) is 17.9 Å². The molecule has 0 atom stereocenters. The van der Waals surface area contributed by atoms with Crippen molar-refractivity contribution >= 4 is 34.2 Å². The fourth-order valence-electron chi connectivity index (χ4n) is 3.52. The van der Waals surface area contributed by atoms with Crippen molar-refractivity contribution in [1.82, 2.24) is 14.1 Å². The van der Waals surface area contributed by atoms with Crippen LogP contribution in [0.3, 0.4) is 0 Å². The van der Waals surface area contributed by atoms with E-state index in [0.29, 0.717) is 16.5 Å². The van der Waals surface area contributed by atoms with Crippen LogP contribution >= 0.6 is 11.6 Å². The first kappa shape index (κ1) is 22.3. The summed E-state index contributed by atoms with van der Waals surface area (Å²) in [5, 5.41) is 3.38. The summed E-state index contributed by atoms with van der Waals surface area (Å²) in [6.07, 6.45) is 1.47. The zero-order valence-electron chi connectivity index (χ0n) is 18.0. The number of methoxy groups -OCH3 is 1. The Morgan fingerprint density at radius 1 is 1.09 bits per heavy atom. The van der Waals surface area contributed by atoms with Gasteiger partial charge in [-0.3, -0.25) is 18.7 Å². The SMILES string of the molecule is COc1ccc(Cl)cc1NC(=O)Cn1c(=O)n(Cc2ccc(C)cc2)c(=O)c2cccnc21. The lowest BCUT2D eigenvalue weighted by atomic mass is 10.1. The molecule has 0 spiro atoms. The number of aryl methyl sites for hydroxylation is 1. The summed E-state index contributed by atoms with van der Waals surface area (Å²) in [5.41, 5.74) is 1.29. The maximum absolute atomic E-state index is 13.3. The Morgan fingerprint density at radius 2 is 1.85 bits per heavy atom. The molecule has 33 heavy (non-hydrogen) atoms. The smallest absolute Gasteiger partial charge is 0.333 e. The molecule has 1 amide bonds. The number of nitrogens with zero attached hydrogens (tertiary/aromatic N) is 3. The number of carbonyl (C=O) groups is 1. The Bertz CT molecular complexity index is 1460. The van der Waals surface area contributed by atoms with Gasteiger partial charge in [0.2, 0.25) is 5.91 Å². The summed E-state index contributed by atoms with van der Waals surface area (Å²) in [6.45, 7) is 1.68. The van der Waals surface area contributed by atoms with Crippen LogP contribution in [0.15, 0.2) is 70.4 Å². The number of aromatic nitrogens is 3. The van der Waals surface area contributed by atoms with Crippen molar-refractivity contribution in [2.75, 3.05) is 12.4 Å². The topological polar surface area (TPSA) is 95.2 Å². The van der Waals surface area contributed by atoms with Gasteiger partial charge in [0.05, 0.1) is 24.7 Å². The number of halogens is 1. The van der Waals surface area contributed by atoms with E-state index in [4.69, 9.17) is 16.3 Å². The molecule has 1 N–H and O–H groups in total. The lowest BCUT2D eigenvalue weighted by Gasteiger charge is -2.14. The maximum atomic E-state index is 13.3. The molecule has 0 aliphatic carbocycles. The zero-order valence-corrected chi connectivity index (χ0v) is 18.8. The third-order valence-corrected chi connectivity index (χ3v) is 5.41. The van der Waals surface area contributed by atoms with Crippen molar-refractivity contribution in [3.05, 3.63) is 97.8 Å². The lowest BCUT2D eigenvalue weighted by molar-refractivity contribution is -0.116. The van der Waals surface area contributed by atoms with Gasteiger partial charge in [-0.05, 0) is 42.8 Å². The molecule has 0 saturated carbocycles. The van der Waals surface area contributed by atoms with Gasteiger partial charge in [0, 0.05) is 11.2 Å². The number of amides is 1. The van der Waals surface area contributed by atoms with Gasteiger partial charge in [-0.2, -0.15) is 0 Å². The predicted octanol–water partition coefficient (Wildman–Crippen LogP) is 3.22. The van der Waals surface area contributed by atoms with Gasteiger partial charge in [-0.15, -0.1) is 0 Å². The Labute approximate surface area is 194 Å². The second kappa shape index (κ2) is 9.30. The Balaban J connectivity index is 1.75. The van der Waals surface area contributed by atoms with Gasteiger partial charge in [0.15, 0.2) is 0 Å². The van der Waals surface area contributed by atoms with Crippen LogP contribution < -0.4 is 21.3 Å². The summed E-state index contributed by atoms with van der Waals surface area (Å²) in [5.74, 6) is -0.0717. The van der Waals surface area contributed by atoms with Gasteiger partial charge >= 0.3 is 5.69 Å². The monoisotopic (exact) mass is 464 g/mol. The molecule has 4 aromatic rings. The van der Waals surface area contributed by atoms with Crippen LogP contribution in [0.5, 0.6) is 5.75 Å². The molecule has 9 heteroatoms. The first-order chi connectivity index (χ1) is 15.9. The summed E-state index contributed by atoms with van der Waals surface area (Å²) in [6, 6.07) is 15.6. The van der Waals surface area contributed by atoms with E-state index >= 15 is 0 Å². The highest BCUT2D eigenvalue weighted by atomic mass is 35.5. The predicted molar refractivity (Wildman–Crippen MR) is 127 cm³/mol. The van der Waals surface area contributed by atoms with E-state index in [1.54, 1.807) is 30.3 Å². The number of benzene rings is 2. The first-order valence-corrected chi connectivity index (χ1v) is 10.5. The standard InChI is InChI=1S/C24H21ClN4O4/c1-15-5-7-16(8-6-15)13-29-23(31)18-4-3-11-26-22(18)28(24(29)32)14-21(30)27-19-12-17(25)9-10-20(19)33-2/h3-12H,13-14H2,1-2H3,(H,27,30). The number of hydrogen-bond donors (Lipinski definition) is 1. The highest BCUT2D eigenvalue weighted by Crippen LogP contribution is 2.27. The number of hydrogen-bond acceptors (Lipinski definition) is 5. The van der Waals surface area contributed by atoms with Crippen molar-refractivity contribution in [3.8, 4) is 5.75 Å². The molecule has 8 nitrogen and oxygen atoms in total. The highest BCUT2D eigenvalue weighted by molar-refractivity contribution is 6.31. The molecule has 0 unspecified atom stereocenters. The van der Waals surface area contributed by atoms with Crippen LogP contribution in [0, 0.1) is 6.92 Å². The van der Waals surface area contributed by atoms with Gasteiger partial charge in [0.25, 0.3) is 5.56 Å². The molecule has 2 heterocycles. The molecule has 168 valence electrons. The average molecular weight is 465 g/mol. The van der Waals surface area contributed by atoms with Crippen LogP contribution in [-0.4, -0.2) is 27.1 Å². The van der Waals surface area contributed by atoms with E-state index in [2.05, 4.69) is 10.3 Å². The van der Waals surface area contributed by atoms with Crippen molar-refractivity contribution in [3.63, 3.8) is 0 Å². The quantitative estimate of drug-likeness (QED) is 0.472. The van der Waals surface area contributed by atoms with E-state index in [0.717, 1.165) is 15.7 Å². The number of pyridine rings is 1. The van der Waals surface area contributed by atoms with Crippen LogP contribution in [0.4, 0.5) is 5.69 Å². The molecule has 0 aliphatic heterocycles. The summed E-state index contributed by atoms with van der Waals surface area (Å²) in [7, 11) is 1.47. The fraction of sp³-hybridized carbons (Fsp3) is 0.167. The number of nitrogens with one attached hydrogen (secondary N) is 1. The summed E-state index contributed by atoms with van der Waals surface area (Å²) in [4.78, 5) is 43.4. The minimum Gasteiger partial charge on any atom is -0.495 e. The Morgan fingerprint density at radius 3 is 2.58 bits per heavy atom. The van der Waals surface area contributed by atoms with Crippen LogP contribution in [0.25, 0.3) is 11.0 Å². The largest absolute Gasteiger partial charge is 0.495 e. The number of anilines is 1. The van der Waals surface area contributed by atoms with Crippen molar-refractivity contribution in [2.45, 2.75) is 20.0 Å². The molecule has 0 bridgehead atoms. The van der Waals surface area contributed by atoms with Crippen LogP contribution in [0.2, 0.25) is 5.02 Å². The van der Waals surface area contributed by atoms with Crippen molar-refractivity contribution < 1.29 is 9.53 Å². The van der Waals surface area contributed by atoms with E-state index < -0.39 is 17.2 Å². The molecule has 0 saturated heterocycles. The van der Waals surface area contributed by atoms with Crippen molar-refractivity contribution in [1.29, 1.82) is 0 Å². The van der Waals surface area contributed by atoms with E-state index in [1.165, 1.54) is 17.9 Å². The summed E-state index contributed by atoms with van der Waals surface area (Å²) < 4.78 is 7.56. The third kappa shape index (κ3) is 4.65. The van der Waals surface area contributed by atoms with E-state index in [9.17, 15) is 14.4 Å². The minimum absolute atomic E-state index is 0.0759. The molecule has 0 fully saturated rings. The number of rotatable bonds is 6. The third-order valence-electron chi connectivity index (χ3n) is 5.18. The number of ether oxygens (including phenoxy) is 1. The minimum atomic E-state index is -0.625. The molecule has 2 aromatic heterocycles. The summed E-state index contributed by atoms with van der Waals surface area (Å²) >= 11 is 6.04. The maximum Gasteiger partial charge on any atom is 0.333 e. The van der Waals surface area contributed by atoms with Gasteiger partial charge in [0.1, 0.15) is 17.9 Å². The molecule has 2 aromatic carbocycles. The average Bonchev–Trinajstić information content (AvgIpc) is 2.81. The Kier molecular flexibility index (Phi) is 6.28. The molecule has 0 radical (unpaired) electrons. The zero-order chi connectivity index (χ0) is 23.5. The molecular weight excluding hydrogens is 444 g/mol. The normalized spacial score (nSPS) is 10.9. The van der Waals surface area contributed by atoms with Gasteiger partial charge < -0.3 is 10.1 Å². The number of carbonyl (C=O) groups excluding carboxylic acids is 1. The Hall–Kier alpha value is -3.91. The van der Waals surface area contributed by atoms with Gasteiger partial charge in [-0.1, -0.05) is 41.4 Å². The fourth-order valence-corrected chi connectivity index (χ4v) is 3.69. The molecular formula is C24H21ClN4O4. The van der Waals surface area contributed by atoms with Gasteiger partial charge in [-0.25, -0.2) is 9.78 Å². The lowest BCUT2D eigenvalue weighted by Crippen LogP contribution is -2.42. The molecule has 0 aliphatic rings.